The quantitative estimate of drug-likeness (QED) is 0.404. The number of carbonyl (C=O) groups excluding carboxylic acids is 2. The lowest BCUT2D eigenvalue weighted by Crippen LogP contribution is -2.23. The number of para-hydroxylation sites is 2. The van der Waals surface area contributed by atoms with Crippen LogP contribution in [0.15, 0.2) is 72.8 Å². The molecule has 0 aromatic heterocycles. The van der Waals surface area contributed by atoms with Crippen LogP contribution < -0.4 is 21.3 Å². The van der Waals surface area contributed by atoms with E-state index in [4.69, 9.17) is 23.2 Å². The Balaban J connectivity index is 1.74. The number of benzene rings is 3. The van der Waals surface area contributed by atoms with Crippen LogP contribution in [0.25, 0.3) is 0 Å². The molecule has 0 saturated carbocycles. The van der Waals surface area contributed by atoms with Crippen LogP contribution in [0.2, 0.25) is 10.0 Å². The summed E-state index contributed by atoms with van der Waals surface area (Å²) in [5.41, 5.74) is 1.84. The SMILES string of the molecule is O=C(Nc1ccccc1)Nc1cc(Cl)c(Cl)cc1NC(=O)Nc1ccccc1. The minimum Gasteiger partial charge on any atom is -0.308 e. The Morgan fingerprint density at radius 3 is 1.29 bits per heavy atom. The molecule has 0 spiro atoms. The van der Waals surface area contributed by atoms with Crippen LogP contribution in [0.3, 0.4) is 0 Å². The summed E-state index contributed by atoms with van der Waals surface area (Å²) < 4.78 is 0. The summed E-state index contributed by atoms with van der Waals surface area (Å²) in [7, 11) is 0. The number of nitrogens with one attached hydrogen (secondary N) is 4. The predicted molar refractivity (Wildman–Crippen MR) is 115 cm³/mol. The number of hydrogen-bond donors (Lipinski definition) is 4. The highest BCUT2D eigenvalue weighted by molar-refractivity contribution is 6.42. The Labute approximate surface area is 171 Å². The molecule has 0 aliphatic carbocycles. The first-order valence-corrected chi connectivity index (χ1v) is 9.02. The summed E-state index contributed by atoms with van der Waals surface area (Å²) >= 11 is 12.1. The topological polar surface area (TPSA) is 82.3 Å². The van der Waals surface area contributed by atoms with Gasteiger partial charge in [0.1, 0.15) is 0 Å². The highest BCUT2D eigenvalue weighted by Crippen LogP contribution is 2.33. The van der Waals surface area contributed by atoms with Crippen molar-refractivity contribution in [2.75, 3.05) is 21.3 Å². The van der Waals surface area contributed by atoms with Gasteiger partial charge in [-0.05, 0) is 36.4 Å². The van der Waals surface area contributed by atoms with Crippen LogP contribution >= 0.6 is 23.2 Å². The fraction of sp³-hybridized carbons (Fsp3) is 0. The van der Waals surface area contributed by atoms with Gasteiger partial charge in [-0.1, -0.05) is 59.6 Å². The second-order valence-corrected chi connectivity index (χ2v) is 6.52. The van der Waals surface area contributed by atoms with Crippen molar-refractivity contribution in [3.63, 3.8) is 0 Å². The van der Waals surface area contributed by atoms with Crippen LogP contribution in [0, 0.1) is 0 Å². The molecule has 4 amide bonds. The van der Waals surface area contributed by atoms with Crippen LogP contribution in [0.4, 0.5) is 32.3 Å². The molecule has 0 atom stereocenters. The molecule has 142 valence electrons. The average molecular weight is 415 g/mol. The molecule has 4 N–H and O–H groups in total. The molecule has 0 bridgehead atoms. The summed E-state index contributed by atoms with van der Waals surface area (Å²) in [5, 5.41) is 11.2. The van der Waals surface area contributed by atoms with Crippen LogP contribution in [0.5, 0.6) is 0 Å². The predicted octanol–water partition coefficient (Wildman–Crippen LogP) is 6.28. The fourth-order valence-electron chi connectivity index (χ4n) is 2.37. The van der Waals surface area contributed by atoms with Crippen molar-refractivity contribution in [3.05, 3.63) is 82.8 Å². The van der Waals surface area contributed by atoms with Crippen molar-refractivity contribution in [1.29, 1.82) is 0 Å². The Hall–Kier alpha value is -3.22. The molecule has 0 aliphatic heterocycles. The van der Waals surface area contributed by atoms with Gasteiger partial charge in [-0.2, -0.15) is 0 Å². The second kappa shape index (κ2) is 9.12. The Morgan fingerprint density at radius 1 is 0.571 bits per heavy atom. The van der Waals surface area contributed by atoms with E-state index in [9.17, 15) is 9.59 Å². The van der Waals surface area contributed by atoms with Crippen molar-refractivity contribution in [3.8, 4) is 0 Å². The molecule has 6 nitrogen and oxygen atoms in total. The molecule has 3 aromatic carbocycles. The van der Waals surface area contributed by atoms with Crippen molar-refractivity contribution in [1.82, 2.24) is 0 Å². The number of halogens is 2. The smallest absolute Gasteiger partial charge is 0.308 e. The zero-order valence-corrected chi connectivity index (χ0v) is 16.0. The third kappa shape index (κ3) is 5.39. The first kappa shape index (κ1) is 19.5. The van der Waals surface area contributed by atoms with Gasteiger partial charge < -0.3 is 21.3 Å². The monoisotopic (exact) mass is 414 g/mol. The first-order valence-electron chi connectivity index (χ1n) is 8.26. The van der Waals surface area contributed by atoms with Crippen LogP contribution in [0.1, 0.15) is 0 Å². The largest absolute Gasteiger partial charge is 0.323 e. The maximum Gasteiger partial charge on any atom is 0.323 e. The number of urea groups is 2. The lowest BCUT2D eigenvalue weighted by atomic mass is 10.2. The van der Waals surface area contributed by atoms with E-state index in [1.807, 2.05) is 12.1 Å². The van der Waals surface area contributed by atoms with Crippen molar-refractivity contribution >= 4 is 58.0 Å². The zero-order valence-electron chi connectivity index (χ0n) is 14.5. The van der Waals surface area contributed by atoms with Crippen molar-refractivity contribution < 1.29 is 9.59 Å². The van der Waals surface area contributed by atoms with Gasteiger partial charge >= 0.3 is 12.1 Å². The summed E-state index contributed by atoms with van der Waals surface area (Å²) in [6.07, 6.45) is 0. The van der Waals surface area contributed by atoms with Gasteiger partial charge in [-0.15, -0.1) is 0 Å². The van der Waals surface area contributed by atoms with E-state index in [-0.39, 0.29) is 10.0 Å². The molecule has 0 heterocycles. The summed E-state index contributed by atoms with van der Waals surface area (Å²) in [4.78, 5) is 24.6. The third-order valence-corrected chi connectivity index (χ3v) is 4.34. The van der Waals surface area contributed by atoms with Crippen LogP contribution in [-0.2, 0) is 0 Å². The van der Waals surface area contributed by atoms with Crippen LogP contribution in [-0.4, -0.2) is 12.1 Å². The highest BCUT2D eigenvalue weighted by atomic mass is 35.5. The molecule has 0 aliphatic rings. The standard InChI is InChI=1S/C20H16Cl2N4O2/c21-15-11-17(25-19(27)23-13-7-3-1-4-8-13)18(12-16(15)22)26-20(28)24-14-9-5-2-6-10-14/h1-12H,(H2,23,25,27)(H2,24,26,28). The number of rotatable bonds is 4. The molecular weight excluding hydrogens is 399 g/mol. The van der Waals surface area contributed by atoms with Gasteiger partial charge in [0, 0.05) is 11.4 Å². The normalized spacial score (nSPS) is 10.1. The highest BCUT2D eigenvalue weighted by Gasteiger charge is 2.13. The van der Waals surface area contributed by atoms with Gasteiger partial charge in [0.25, 0.3) is 0 Å². The maximum absolute atomic E-state index is 12.3. The lowest BCUT2D eigenvalue weighted by Gasteiger charge is -2.15. The number of amides is 4. The number of anilines is 4. The minimum absolute atomic E-state index is 0.241. The molecular formula is C20H16Cl2N4O2. The molecule has 3 rings (SSSR count). The lowest BCUT2D eigenvalue weighted by molar-refractivity contribution is 0.261. The molecule has 28 heavy (non-hydrogen) atoms. The summed E-state index contributed by atoms with van der Waals surface area (Å²) in [6, 6.07) is 19.8. The third-order valence-electron chi connectivity index (χ3n) is 3.62. The summed E-state index contributed by atoms with van der Waals surface area (Å²) in [6.45, 7) is 0. The number of hydrogen-bond acceptors (Lipinski definition) is 2. The molecule has 0 unspecified atom stereocenters. The van der Waals surface area contributed by atoms with E-state index in [1.165, 1.54) is 12.1 Å². The van der Waals surface area contributed by atoms with Crippen molar-refractivity contribution in [2.24, 2.45) is 0 Å². The van der Waals surface area contributed by atoms with Gasteiger partial charge in [0.05, 0.1) is 21.4 Å². The average Bonchev–Trinajstić information content (AvgIpc) is 2.67. The van der Waals surface area contributed by atoms with E-state index in [2.05, 4.69) is 21.3 Å². The van der Waals surface area contributed by atoms with E-state index >= 15 is 0 Å². The zero-order chi connectivity index (χ0) is 19.9. The molecule has 0 fully saturated rings. The Bertz CT molecular complexity index is 902. The fourth-order valence-corrected chi connectivity index (χ4v) is 2.69. The van der Waals surface area contributed by atoms with E-state index < -0.39 is 12.1 Å². The van der Waals surface area contributed by atoms with E-state index in [1.54, 1.807) is 48.5 Å². The van der Waals surface area contributed by atoms with E-state index in [0.717, 1.165) is 0 Å². The Morgan fingerprint density at radius 2 is 0.929 bits per heavy atom. The van der Waals surface area contributed by atoms with Gasteiger partial charge in [0.2, 0.25) is 0 Å². The van der Waals surface area contributed by atoms with Crippen molar-refractivity contribution in [2.45, 2.75) is 0 Å². The Kier molecular flexibility index (Phi) is 6.37. The van der Waals surface area contributed by atoms with Gasteiger partial charge in [-0.25, -0.2) is 9.59 Å². The molecule has 0 radical (unpaired) electrons. The van der Waals surface area contributed by atoms with Gasteiger partial charge in [-0.3, -0.25) is 0 Å². The summed E-state index contributed by atoms with van der Waals surface area (Å²) in [5.74, 6) is 0. The molecule has 3 aromatic rings. The van der Waals surface area contributed by atoms with E-state index in [0.29, 0.717) is 22.7 Å². The molecule has 0 saturated heterocycles. The van der Waals surface area contributed by atoms with Gasteiger partial charge in [0.15, 0.2) is 0 Å². The first-order chi connectivity index (χ1) is 13.5. The second-order valence-electron chi connectivity index (χ2n) is 5.70. The number of carbonyl (C=O) groups is 2. The maximum atomic E-state index is 12.3. The minimum atomic E-state index is -0.490. The molecule has 8 heteroatoms.